The van der Waals surface area contributed by atoms with E-state index in [1.165, 1.54) is 0 Å². The molecule has 6 nitrogen and oxygen atoms in total. The number of nitrogens with one attached hydrogen (secondary N) is 1. The zero-order valence-electron chi connectivity index (χ0n) is 16.7. The molecule has 1 saturated carbocycles. The monoisotopic (exact) mass is 373 g/mol. The lowest BCUT2D eigenvalue weighted by molar-refractivity contribution is -0.149. The van der Waals surface area contributed by atoms with Crippen LogP contribution in [0, 0.1) is 5.41 Å². The number of rotatable bonds is 5. The zero-order chi connectivity index (χ0) is 19.4. The Kier molecular flexibility index (Phi) is 5.92. The molecule has 0 spiro atoms. The topological polar surface area (TPSA) is 61.9 Å². The van der Waals surface area contributed by atoms with Gasteiger partial charge in [0.15, 0.2) is 0 Å². The minimum Gasteiger partial charge on any atom is -0.495 e. The van der Waals surface area contributed by atoms with Gasteiger partial charge in [-0.05, 0) is 38.8 Å². The fourth-order valence-electron chi connectivity index (χ4n) is 3.97. The Labute approximate surface area is 161 Å². The maximum atomic E-state index is 13.0. The number of hydrogen-bond donors (Lipinski definition) is 1. The van der Waals surface area contributed by atoms with E-state index in [9.17, 15) is 9.59 Å². The van der Waals surface area contributed by atoms with Crippen molar-refractivity contribution in [1.82, 2.24) is 10.2 Å². The SMILES string of the molecule is COc1ccccc1N1CCN(C(=O)C(C)(C)C(=O)NC2CCCC2)CC1. The Morgan fingerprint density at radius 3 is 2.33 bits per heavy atom. The molecule has 2 fully saturated rings. The molecule has 1 aliphatic carbocycles. The third kappa shape index (κ3) is 4.20. The highest BCUT2D eigenvalue weighted by Crippen LogP contribution is 2.29. The number of amides is 2. The summed E-state index contributed by atoms with van der Waals surface area (Å²) in [5.41, 5.74) is 0.0141. The van der Waals surface area contributed by atoms with E-state index in [-0.39, 0.29) is 17.9 Å². The van der Waals surface area contributed by atoms with Gasteiger partial charge in [0.2, 0.25) is 11.8 Å². The van der Waals surface area contributed by atoms with Crippen LogP contribution in [-0.2, 0) is 9.59 Å². The van der Waals surface area contributed by atoms with E-state index in [0.717, 1.165) is 50.2 Å². The first-order chi connectivity index (χ1) is 12.9. The maximum absolute atomic E-state index is 13.0. The molecule has 0 bridgehead atoms. The summed E-state index contributed by atoms with van der Waals surface area (Å²) in [5.74, 6) is 0.609. The number of carbonyl (C=O) groups excluding carboxylic acids is 2. The lowest BCUT2D eigenvalue weighted by Crippen LogP contribution is -2.56. The molecule has 2 aliphatic rings. The molecule has 2 amide bonds. The highest BCUT2D eigenvalue weighted by Gasteiger charge is 2.41. The summed E-state index contributed by atoms with van der Waals surface area (Å²) in [6.45, 7) is 6.16. The van der Waals surface area contributed by atoms with Crippen molar-refractivity contribution in [2.45, 2.75) is 45.6 Å². The molecule has 0 radical (unpaired) electrons. The summed E-state index contributed by atoms with van der Waals surface area (Å²) in [6, 6.07) is 8.16. The molecule has 1 heterocycles. The van der Waals surface area contributed by atoms with Gasteiger partial charge in [0.05, 0.1) is 12.8 Å². The van der Waals surface area contributed by atoms with Gasteiger partial charge >= 0.3 is 0 Å². The van der Waals surface area contributed by atoms with E-state index < -0.39 is 5.41 Å². The molecule has 0 aromatic heterocycles. The molecule has 1 aromatic rings. The Morgan fingerprint density at radius 1 is 1.07 bits per heavy atom. The number of ether oxygens (including phenoxy) is 1. The predicted octanol–water partition coefficient (Wildman–Crippen LogP) is 2.43. The van der Waals surface area contributed by atoms with Crippen LogP contribution in [0.3, 0.4) is 0 Å². The van der Waals surface area contributed by atoms with Crippen molar-refractivity contribution in [2.24, 2.45) is 5.41 Å². The quantitative estimate of drug-likeness (QED) is 0.806. The molecule has 27 heavy (non-hydrogen) atoms. The summed E-state index contributed by atoms with van der Waals surface area (Å²) < 4.78 is 5.45. The maximum Gasteiger partial charge on any atom is 0.237 e. The van der Waals surface area contributed by atoms with Gasteiger partial charge in [-0.25, -0.2) is 0 Å². The summed E-state index contributed by atoms with van der Waals surface area (Å²) in [5, 5.41) is 3.08. The van der Waals surface area contributed by atoms with Crippen LogP contribution in [0.2, 0.25) is 0 Å². The van der Waals surface area contributed by atoms with Crippen LogP contribution in [-0.4, -0.2) is 56.0 Å². The number of anilines is 1. The minimum atomic E-state index is -1.03. The number of piperazine rings is 1. The summed E-state index contributed by atoms with van der Waals surface area (Å²) >= 11 is 0. The molecule has 148 valence electrons. The molecule has 1 aromatic carbocycles. The van der Waals surface area contributed by atoms with Crippen molar-refractivity contribution in [3.05, 3.63) is 24.3 Å². The highest BCUT2D eigenvalue weighted by molar-refractivity contribution is 6.04. The minimum absolute atomic E-state index is 0.0855. The molecule has 0 atom stereocenters. The molecule has 0 unspecified atom stereocenters. The van der Waals surface area contributed by atoms with Gasteiger partial charge < -0.3 is 19.9 Å². The van der Waals surface area contributed by atoms with E-state index in [0.29, 0.717) is 13.1 Å². The molecule has 3 rings (SSSR count). The second-order valence-electron chi connectivity index (χ2n) is 8.03. The summed E-state index contributed by atoms with van der Waals surface area (Å²) in [7, 11) is 1.67. The average Bonchev–Trinajstić information content (AvgIpc) is 3.20. The Bertz CT molecular complexity index is 675. The average molecular weight is 373 g/mol. The van der Waals surface area contributed by atoms with Gasteiger partial charge in [0.25, 0.3) is 0 Å². The van der Waals surface area contributed by atoms with E-state index in [1.807, 2.05) is 29.2 Å². The fraction of sp³-hybridized carbons (Fsp3) is 0.619. The lowest BCUT2D eigenvalue weighted by atomic mass is 9.89. The van der Waals surface area contributed by atoms with Crippen molar-refractivity contribution >= 4 is 17.5 Å². The fourth-order valence-corrected chi connectivity index (χ4v) is 3.97. The van der Waals surface area contributed by atoms with Gasteiger partial charge in [0.1, 0.15) is 11.2 Å². The van der Waals surface area contributed by atoms with Gasteiger partial charge in [-0.3, -0.25) is 9.59 Å². The third-order valence-electron chi connectivity index (χ3n) is 5.79. The Balaban J connectivity index is 1.59. The molecular weight excluding hydrogens is 342 g/mol. The van der Waals surface area contributed by atoms with Crippen LogP contribution >= 0.6 is 0 Å². The number of nitrogens with zero attached hydrogens (tertiary/aromatic N) is 2. The van der Waals surface area contributed by atoms with Crippen LogP contribution < -0.4 is 15.0 Å². The van der Waals surface area contributed by atoms with Crippen molar-refractivity contribution < 1.29 is 14.3 Å². The van der Waals surface area contributed by atoms with Crippen molar-refractivity contribution in [2.75, 3.05) is 38.2 Å². The highest BCUT2D eigenvalue weighted by atomic mass is 16.5. The number of methoxy groups -OCH3 is 1. The van der Waals surface area contributed by atoms with E-state index in [4.69, 9.17) is 4.74 Å². The normalized spacial score (nSPS) is 18.5. The second-order valence-corrected chi connectivity index (χ2v) is 8.03. The van der Waals surface area contributed by atoms with Crippen LogP contribution in [0.15, 0.2) is 24.3 Å². The van der Waals surface area contributed by atoms with Crippen molar-refractivity contribution in [1.29, 1.82) is 0 Å². The number of hydrogen-bond acceptors (Lipinski definition) is 4. The predicted molar refractivity (Wildman–Crippen MR) is 106 cm³/mol. The van der Waals surface area contributed by atoms with Crippen LogP contribution in [0.25, 0.3) is 0 Å². The largest absolute Gasteiger partial charge is 0.495 e. The molecular formula is C21H31N3O3. The lowest BCUT2D eigenvalue weighted by Gasteiger charge is -2.39. The standard InChI is InChI=1S/C21H31N3O3/c1-21(2,19(25)22-16-8-4-5-9-16)20(26)24-14-12-23(13-15-24)17-10-6-7-11-18(17)27-3/h6-7,10-11,16H,4-5,8-9,12-15H2,1-3H3,(H,22,25). The second kappa shape index (κ2) is 8.19. The van der Waals surface area contributed by atoms with Gasteiger partial charge in [-0.2, -0.15) is 0 Å². The smallest absolute Gasteiger partial charge is 0.237 e. The van der Waals surface area contributed by atoms with Crippen LogP contribution in [0.1, 0.15) is 39.5 Å². The van der Waals surface area contributed by atoms with Crippen molar-refractivity contribution in [3.8, 4) is 5.75 Å². The van der Waals surface area contributed by atoms with E-state index in [1.54, 1.807) is 21.0 Å². The molecule has 1 N–H and O–H groups in total. The molecule has 1 saturated heterocycles. The van der Waals surface area contributed by atoms with Crippen molar-refractivity contribution in [3.63, 3.8) is 0 Å². The first kappa shape index (κ1) is 19.5. The molecule has 1 aliphatic heterocycles. The van der Waals surface area contributed by atoms with Crippen LogP contribution in [0.4, 0.5) is 5.69 Å². The van der Waals surface area contributed by atoms with Crippen LogP contribution in [0.5, 0.6) is 5.75 Å². The first-order valence-corrected chi connectivity index (χ1v) is 9.92. The molecule has 6 heteroatoms. The van der Waals surface area contributed by atoms with Gasteiger partial charge in [0, 0.05) is 32.2 Å². The summed E-state index contributed by atoms with van der Waals surface area (Å²) in [4.78, 5) is 29.8. The zero-order valence-corrected chi connectivity index (χ0v) is 16.7. The number of carbonyl (C=O) groups is 2. The van der Waals surface area contributed by atoms with E-state index >= 15 is 0 Å². The number of benzene rings is 1. The Morgan fingerprint density at radius 2 is 1.70 bits per heavy atom. The number of para-hydroxylation sites is 2. The van der Waals surface area contributed by atoms with E-state index in [2.05, 4.69) is 10.2 Å². The first-order valence-electron chi connectivity index (χ1n) is 9.92. The van der Waals surface area contributed by atoms with Gasteiger partial charge in [-0.15, -0.1) is 0 Å². The Hall–Kier alpha value is -2.24. The summed E-state index contributed by atoms with van der Waals surface area (Å²) in [6.07, 6.45) is 4.36. The van der Waals surface area contributed by atoms with Gasteiger partial charge in [-0.1, -0.05) is 25.0 Å². The third-order valence-corrected chi connectivity index (χ3v) is 5.79.